The number of anilines is 1. The lowest BCUT2D eigenvalue weighted by atomic mass is 9.92. The lowest BCUT2D eigenvalue weighted by molar-refractivity contribution is 0.356. The van der Waals surface area contributed by atoms with E-state index >= 15 is 0 Å². The van der Waals surface area contributed by atoms with Crippen LogP contribution in [-0.2, 0) is 0 Å². The number of hydrogen-bond donors (Lipinski definition) is 0. The molecular weight excluding hydrogens is 262 g/mol. The van der Waals surface area contributed by atoms with Crippen molar-refractivity contribution < 1.29 is 0 Å². The van der Waals surface area contributed by atoms with Crippen molar-refractivity contribution in [2.45, 2.75) is 20.3 Å². The number of rotatable bonds is 1. The number of hydrogen-bond acceptors (Lipinski definition) is 4. The first-order valence-corrected chi connectivity index (χ1v) is 6.50. The fourth-order valence-electron chi connectivity index (χ4n) is 2.15. The van der Waals surface area contributed by atoms with E-state index in [1.807, 2.05) is 0 Å². The van der Waals surface area contributed by atoms with Gasteiger partial charge in [0.05, 0.1) is 0 Å². The summed E-state index contributed by atoms with van der Waals surface area (Å²) in [6.07, 6.45) is 1.33. The number of nitrogens with zero attached hydrogens (tertiary/aromatic N) is 3. The molecule has 1 aliphatic heterocycles. The van der Waals surface area contributed by atoms with Crippen molar-refractivity contribution in [2.24, 2.45) is 11.8 Å². The Labute approximate surface area is 96.7 Å². The van der Waals surface area contributed by atoms with Crippen molar-refractivity contribution in [3.8, 4) is 0 Å². The second kappa shape index (κ2) is 4.14. The Morgan fingerprint density at radius 1 is 1.29 bits per heavy atom. The first-order chi connectivity index (χ1) is 6.65. The molecule has 14 heavy (non-hydrogen) atoms. The third kappa shape index (κ3) is 2.25. The highest BCUT2D eigenvalue weighted by molar-refractivity contribution is 9.11. The molecular formula is C9H14BrN3S. The van der Waals surface area contributed by atoms with Crippen LogP contribution in [0.1, 0.15) is 20.3 Å². The highest BCUT2D eigenvalue weighted by atomic mass is 79.9. The first-order valence-electron chi connectivity index (χ1n) is 4.89. The van der Waals surface area contributed by atoms with Crippen LogP contribution >= 0.6 is 27.3 Å². The summed E-state index contributed by atoms with van der Waals surface area (Å²) in [5, 5.41) is 9.19. The van der Waals surface area contributed by atoms with Crippen LogP contribution in [0.5, 0.6) is 0 Å². The van der Waals surface area contributed by atoms with Gasteiger partial charge in [-0.3, -0.25) is 0 Å². The fourth-order valence-corrected chi connectivity index (χ4v) is 3.25. The minimum atomic E-state index is 0.765. The molecule has 1 fully saturated rings. The lowest BCUT2D eigenvalue weighted by Gasteiger charge is -2.34. The van der Waals surface area contributed by atoms with Gasteiger partial charge in [-0.25, -0.2) is 0 Å². The third-order valence-electron chi connectivity index (χ3n) is 2.53. The maximum Gasteiger partial charge on any atom is 0.209 e. The van der Waals surface area contributed by atoms with Crippen molar-refractivity contribution in [2.75, 3.05) is 18.0 Å². The minimum absolute atomic E-state index is 0.765. The topological polar surface area (TPSA) is 29.0 Å². The summed E-state index contributed by atoms with van der Waals surface area (Å²) in [6, 6.07) is 0. The predicted octanol–water partition coefficient (Wildman–Crippen LogP) is 2.78. The molecule has 2 atom stereocenters. The third-order valence-corrected chi connectivity index (χ3v) is 3.95. The van der Waals surface area contributed by atoms with Gasteiger partial charge in [-0.05, 0) is 34.2 Å². The Kier molecular flexibility index (Phi) is 3.07. The molecule has 1 saturated heterocycles. The van der Waals surface area contributed by atoms with Gasteiger partial charge < -0.3 is 4.90 Å². The zero-order chi connectivity index (χ0) is 10.1. The van der Waals surface area contributed by atoms with Crippen molar-refractivity contribution in [3.05, 3.63) is 3.92 Å². The number of halogens is 1. The van der Waals surface area contributed by atoms with Crippen LogP contribution in [0.4, 0.5) is 5.13 Å². The van der Waals surface area contributed by atoms with Gasteiger partial charge in [0.1, 0.15) is 0 Å². The number of aromatic nitrogens is 2. The zero-order valence-corrected chi connectivity index (χ0v) is 10.8. The van der Waals surface area contributed by atoms with E-state index in [2.05, 4.69) is 44.9 Å². The first kappa shape index (κ1) is 10.4. The maximum atomic E-state index is 4.16. The molecule has 0 saturated carbocycles. The molecule has 0 bridgehead atoms. The molecule has 2 rings (SSSR count). The van der Waals surface area contributed by atoms with Crippen LogP contribution in [0.15, 0.2) is 3.92 Å². The quantitative estimate of drug-likeness (QED) is 0.789. The van der Waals surface area contributed by atoms with E-state index in [0.29, 0.717) is 0 Å². The van der Waals surface area contributed by atoms with Crippen LogP contribution in [-0.4, -0.2) is 23.3 Å². The molecule has 3 nitrogen and oxygen atoms in total. The summed E-state index contributed by atoms with van der Waals surface area (Å²) in [7, 11) is 0. The molecule has 0 N–H and O–H groups in total. The van der Waals surface area contributed by atoms with E-state index in [4.69, 9.17) is 0 Å². The zero-order valence-electron chi connectivity index (χ0n) is 8.40. The van der Waals surface area contributed by atoms with E-state index < -0.39 is 0 Å². The monoisotopic (exact) mass is 275 g/mol. The summed E-state index contributed by atoms with van der Waals surface area (Å²) in [4.78, 5) is 2.35. The van der Waals surface area contributed by atoms with Crippen molar-refractivity contribution >= 4 is 32.4 Å². The van der Waals surface area contributed by atoms with Crippen LogP contribution in [0.2, 0.25) is 0 Å². The van der Waals surface area contributed by atoms with Gasteiger partial charge in [-0.2, -0.15) is 0 Å². The molecule has 5 heteroatoms. The molecule has 0 radical (unpaired) electrons. The fraction of sp³-hybridized carbons (Fsp3) is 0.778. The summed E-state index contributed by atoms with van der Waals surface area (Å²) < 4.78 is 0.873. The molecule has 0 aromatic carbocycles. The Hall–Kier alpha value is -0.160. The summed E-state index contributed by atoms with van der Waals surface area (Å²) in [5.41, 5.74) is 0. The van der Waals surface area contributed by atoms with E-state index in [0.717, 1.165) is 34.0 Å². The molecule has 0 spiro atoms. The highest BCUT2D eigenvalue weighted by Gasteiger charge is 2.23. The standard InChI is InChI=1S/C9H14BrN3S/c1-6-3-7(2)5-13(4-6)9-12-11-8(10)14-9/h6-7H,3-5H2,1-2H3. The second-order valence-corrected chi connectivity index (χ2v) is 6.42. The van der Waals surface area contributed by atoms with Crippen molar-refractivity contribution in [1.29, 1.82) is 0 Å². The predicted molar refractivity (Wildman–Crippen MR) is 62.8 cm³/mol. The van der Waals surface area contributed by atoms with Crippen LogP contribution < -0.4 is 4.90 Å². The lowest BCUT2D eigenvalue weighted by Crippen LogP contribution is -2.38. The molecule has 1 aliphatic rings. The Bertz CT molecular complexity index is 305. The molecule has 1 aromatic rings. The van der Waals surface area contributed by atoms with E-state index in [-0.39, 0.29) is 0 Å². The normalized spacial score (nSPS) is 28.1. The van der Waals surface area contributed by atoms with Crippen LogP contribution in [0.3, 0.4) is 0 Å². The molecule has 0 amide bonds. The summed E-state index contributed by atoms with van der Waals surface area (Å²) in [6.45, 7) is 6.84. The average Bonchev–Trinajstić information content (AvgIpc) is 2.50. The number of piperidine rings is 1. The SMILES string of the molecule is CC1CC(C)CN(c2nnc(Br)s2)C1. The summed E-state index contributed by atoms with van der Waals surface area (Å²) in [5.74, 6) is 1.53. The Balaban J connectivity index is 2.10. The van der Waals surface area contributed by atoms with E-state index in [9.17, 15) is 0 Å². The molecule has 2 heterocycles. The maximum absolute atomic E-state index is 4.16. The molecule has 1 aromatic heterocycles. The van der Waals surface area contributed by atoms with Gasteiger partial charge in [-0.15, -0.1) is 10.2 Å². The largest absolute Gasteiger partial charge is 0.346 e. The average molecular weight is 276 g/mol. The molecule has 0 aliphatic carbocycles. The summed E-state index contributed by atoms with van der Waals surface area (Å²) >= 11 is 4.97. The van der Waals surface area contributed by atoms with Crippen LogP contribution in [0.25, 0.3) is 0 Å². The smallest absolute Gasteiger partial charge is 0.209 e. The van der Waals surface area contributed by atoms with Gasteiger partial charge in [0.25, 0.3) is 0 Å². The van der Waals surface area contributed by atoms with Gasteiger partial charge in [-0.1, -0.05) is 25.2 Å². The van der Waals surface area contributed by atoms with Gasteiger partial charge in [0.2, 0.25) is 5.13 Å². The van der Waals surface area contributed by atoms with E-state index in [1.165, 1.54) is 6.42 Å². The highest BCUT2D eigenvalue weighted by Crippen LogP contribution is 2.29. The second-order valence-electron chi connectivity index (χ2n) is 4.19. The van der Waals surface area contributed by atoms with Crippen molar-refractivity contribution in [1.82, 2.24) is 10.2 Å². The van der Waals surface area contributed by atoms with Crippen molar-refractivity contribution in [3.63, 3.8) is 0 Å². The Morgan fingerprint density at radius 3 is 2.43 bits per heavy atom. The Morgan fingerprint density at radius 2 is 1.93 bits per heavy atom. The van der Waals surface area contributed by atoms with Gasteiger partial charge in [0, 0.05) is 13.1 Å². The van der Waals surface area contributed by atoms with E-state index in [1.54, 1.807) is 11.3 Å². The van der Waals surface area contributed by atoms with Crippen LogP contribution in [0, 0.1) is 11.8 Å². The van der Waals surface area contributed by atoms with Gasteiger partial charge >= 0.3 is 0 Å². The molecule has 2 unspecified atom stereocenters. The molecule has 78 valence electrons. The minimum Gasteiger partial charge on any atom is -0.346 e. The van der Waals surface area contributed by atoms with Gasteiger partial charge in [0.15, 0.2) is 3.92 Å².